The minimum absolute atomic E-state index is 0. The Balaban J connectivity index is 0.00000707. The van der Waals surface area contributed by atoms with Crippen molar-refractivity contribution in [3.8, 4) is 84.3 Å². The summed E-state index contributed by atoms with van der Waals surface area (Å²) in [5, 5.41) is 3.57. The third kappa shape index (κ3) is 7.57. The van der Waals surface area contributed by atoms with Gasteiger partial charge in [0.1, 0.15) is 17.0 Å². The van der Waals surface area contributed by atoms with Gasteiger partial charge < -0.3 is 18.3 Å². The summed E-state index contributed by atoms with van der Waals surface area (Å²) in [6.45, 7) is 6.46. The first-order valence-electron chi connectivity index (χ1n) is 31.2. The Kier molecular flexibility index (Phi) is 8.08. The van der Waals surface area contributed by atoms with Gasteiger partial charge in [0.2, 0.25) is 0 Å². The second-order valence-corrected chi connectivity index (χ2v) is 19.8. The van der Waals surface area contributed by atoms with Crippen LogP contribution in [0.2, 0.25) is 0 Å². The summed E-state index contributed by atoms with van der Waals surface area (Å²) in [6, 6.07) is 42.2. The van der Waals surface area contributed by atoms with Gasteiger partial charge in [0.05, 0.1) is 34.5 Å². The van der Waals surface area contributed by atoms with Crippen LogP contribution in [0.5, 0.6) is 11.5 Å². The number of fused-ring (bicyclic) bond motifs is 13. The predicted octanol–water partition coefficient (Wildman–Crippen LogP) is 17.4. The van der Waals surface area contributed by atoms with Crippen molar-refractivity contribution < 1.29 is 52.6 Å². The van der Waals surface area contributed by atoms with Crippen LogP contribution in [0.3, 0.4) is 0 Å². The molecule has 7 heteroatoms. The van der Waals surface area contributed by atoms with Crippen LogP contribution in [0, 0.1) is 18.5 Å². The molecule has 0 aliphatic carbocycles. The number of hydrogen-bond donors (Lipinski definition) is 0. The van der Waals surface area contributed by atoms with Crippen LogP contribution < -0.4 is 9.30 Å². The molecule has 4 aromatic heterocycles. The van der Waals surface area contributed by atoms with Gasteiger partial charge in [0.25, 0.3) is 6.33 Å². The molecule has 0 bridgehead atoms. The van der Waals surface area contributed by atoms with E-state index in [0.717, 1.165) is 38.1 Å². The van der Waals surface area contributed by atoms with Gasteiger partial charge in [0, 0.05) is 55.1 Å². The van der Waals surface area contributed by atoms with Crippen molar-refractivity contribution in [1.82, 2.24) is 14.1 Å². The maximum atomic E-state index is 9.95. The minimum Gasteiger partial charge on any atom is -0.510 e. The minimum atomic E-state index is -0.668. The van der Waals surface area contributed by atoms with E-state index in [1.165, 1.54) is 0 Å². The molecule has 0 unspecified atom stereocenters. The van der Waals surface area contributed by atoms with Crippen molar-refractivity contribution >= 4 is 54.8 Å². The van der Waals surface area contributed by atoms with Gasteiger partial charge in [-0.25, -0.2) is 4.98 Å². The molecule has 1 aliphatic rings. The normalized spacial score (nSPS) is 14.4. The third-order valence-electron chi connectivity index (χ3n) is 14.3. The van der Waals surface area contributed by atoms with E-state index in [2.05, 4.69) is 55.9 Å². The van der Waals surface area contributed by atoms with E-state index in [1.54, 1.807) is 51.6 Å². The molecule has 15 rings (SSSR count). The van der Waals surface area contributed by atoms with Crippen molar-refractivity contribution in [2.45, 2.75) is 26.2 Å². The van der Waals surface area contributed by atoms with Gasteiger partial charge in [-0.3, -0.25) is 4.57 Å². The molecule has 370 valence electrons. The first kappa shape index (κ1) is 34.5. The van der Waals surface area contributed by atoms with Crippen LogP contribution in [0.15, 0.2) is 229 Å². The van der Waals surface area contributed by atoms with Crippen LogP contribution in [-0.2, 0) is 26.5 Å². The molecule has 0 amide bonds. The van der Waals surface area contributed by atoms with Crippen LogP contribution in [0.25, 0.3) is 128 Å². The zero-order valence-electron chi connectivity index (χ0n) is 54.3. The van der Waals surface area contributed by atoms with E-state index in [-0.39, 0.29) is 87.9 Å². The van der Waals surface area contributed by atoms with Gasteiger partial charge in [-0.1, -0.05) is 172 Å². The quantitative estimate of drug-likeness (QED) is 0.123. The van der Waals surface area contributed by atoms with Crippen LogP contribution in [0.4, 0.5) is 0 Å². The number of hydrogen-bond acceptors (Lipinski definition) is 3. The molecule has 6 nitrogen and oxygen atoms in total. The summed E-state index contributed by atoms with van der Waals surface area (Å²) in [4.78, 5) is 4.85. The van der Waals surface area contributed by atoms with Gasteiger partial charge in [-0.15, -0.1) is 29.7 Å². The first-order chi connectivity index (χ1) is 42.7. The number of benzene rings is 10. The summed E-state index contributed by atoms with van der Waals surface area (Å²) in [6.07, 6.45) is 5.36. The number of pyridine rings is 1. The molecule has 0 radical (unpaired) electrons. The molecule has 0 atom stereocenters. The Hall–Kier alpha value is -9.09. The summed E-state index contributed by atoms with van der Waals surface area (Å²) < 4.78 is 140. The SMILES string of the molecule is [2H]c1c([2H])c([2H])c(-c2cccc3c2-[n+]2[c-]n(-c4[c-]c(Oc5[c-]c6c(cc5)c5ccccc5n6-c5cc(C(C)(C)C)ccn5)ccc4)c4cc(-c5ccc6oc7ccccc7c6c5)cc(c42)-c2c([2H])c([2H])c([2H])c([2H])c2-c2c([2H])c([2H])c([2H])c([2H])c2-3)c([2H])c1[2H].[Pt]. The van der Waals surface area contributed by atoms with Crippen LogP contribution in [-0.4, -0.2) is 14.1 Å². The fourth-order valence-electron chi connectivity index (χ4n) is 10.7. The molecule has 0 fully saturated rings. The van der Waals surface area contributed by atoms with E-state index in [1.807, 2.05) is 91.1 Å². The van der Waals surface area contributed by atoms with Crippen molar-refractivity contribution in [2.24, 2.45) is 0 Å². The summed E-state index contributed by atoms with van der Waals surface area (Å²) >= 11 is 0. The Bertz CT molecular complexity index is 5450. The smallest absolute Gasteiger partial charge is 0.268 e. The topological polar surface area (TPSA) is 49.0 Å². The van der Waals surface area contributed by atoms with Gasteiger partial charge in [-0.05, 0) is 120 Å². The molecule has 5 heterocycles. The molecule has 1 aliphatic heterocycles. The van der Waals surface area contributed by atoms with E-state index < -0.39 is 78.6 Å². The van der Waals surface area contributed by atoms with Gasteiger partial charge >= 0.3 is 0 Å². The average molecular weight is 1180 g/mol. The monoisotopic (exact) mass is 1180 g/mol. The Morgan fingerprint density at radius 3 is 2.03 bits per heavy atom. The standard InChI is InChI=1S/C70H46N4O2.Pt/c1-70(2,3)47-35-36-71-67(40-47)74-62-29-13-11-25-56(62)57-33-32-50(42-63(57)74)75-49-20-15-19-48(41-49)72-43-73-68-51(44-17-5-4-6-18-44)27-16-28-59(68)54-23-9-7-21-52(54)53-22-8-10-24-55(53)61-38-46(39-64(72)69(61)73)45-31-34-66-60(37-45)58-26-12-14-30-65(58)76-66;/h4-40H,1-3H3;/q-2;/i4D,5D,6D,7D,8D,9D,10D,17D,18D,21D,22D,23D,24D;. The molecule has 0 saturated carbocycles. The van der Waals surface area contributed by atoms with Crippen LogP contribution >= 0.6 is 0 Å². The molecule has 77 heavy (non-hydrogen) atoms. The molecule has 0 saturated heterocycles. The number of nitrogens with zero attached hydrogens (tertiary/aromatic N) is 4. The number of para-hydroxylation sites is 3. The number of ether oxygens (including phenoxy) is 1. The maximum Gasteiger partial charge on any atom is 0.268 e. The van der Waals surface area contributed by atoms with Crippen LogP contribution in [0.1, 0.15) is 44.2 Å². The number of furan rings is 1. The zero-order valence-corrected chi connectivity index (χ0v) is 43.6. The second kappa shape index (κ2) is 18.0. The first-order valence-corrected chi connectivity index (χ1v) is 24.7. The van der Waals surface area contributed by atoms with Gasteiger partial charge in [0.15, 0.2) is 0 Å². The van der Waals surface area contributed by atoms with E-state index in [9.17, 15) is 11.0 Å². The predicted molar refractivity (Wildman–Crippen MR) is 307 cm³/mol. The summed E-state index contributed by atoms with van der Waals surface area (Å²) in [5.41, 5.74) is 5.38. The molecule has 0 spiro atoms. The Morgan fingerprint density at radius 1 is 0.532 bits per heavy atom. The van der Waals surface area contributed by atoms with Crippen molar-refractivity contribution in [3.05, 3.63) is 248 Å². The van der Waals surface area contributed by atoms with Crippen molar-refractivity contribution in [1.29, 1.82) is 0 Å². The Labute approximate surface area is 478 Å². The number of rotatable bonds is 6. The molecule has 14 aromatic rings. The summed E-state index contributed by atoms with van der Waals surface area (Å²) in [7, 11) is 0. The number of imidazole rings is 1. The number of aromatic nitrogens is 4. The van der Waals surface area contributed by atoms with Crippen molar-refractivity contribution in [3.63, 3.8) is 0 Å². The molecular weight excluding hydrogens is 1120 g/mol. The third-order valence-corrected chi connectivity index (χ3v) is 14.3. The molecule has 10 aromatic carbocycles. The fourth-order valence-corrected chi connectivity index (χ4v) is 10.7. The zero-order chi connectivity index (χ0) is 62.0. The van der Waals surface area contributed by atoms with E-state index in [0.29, 0.717) is 45.1 Å². The second-order valence-electron chi connectivity index (χ2n) is 19.8. The van der Waals surface area contributed by atoms with Crippen molar-refractivity contribution in [2.75, 3.05) is 0 Å². The van der Waals surface area contributed by atoms with E-state index in [4.69, 9.17) is 21.0 Å². The maximum absolute atomic E-state index is 9.95. The fraction of sp³-hybridized carbons (Fsp3) is 0.0571. The molecular formula is C70H46N4O2Pt-2. The average Bonchev–Trinajstić information content (AvgIpc) is 1.44. The molecule has 0 N–H and O–H groups in total. The largest absolute Gasteiger partial charge is 0.510 e. The van der Waals surface area contributed by atoms with E-state index >= 15 is 0 Å². The Morgan fingerprint density at radius 2 is 1.22 bits per heavy atom. The van der Waals surface area contributed by atoms with Gasteiger partial charge in [-0.2, -0.15) is 18.2 Å². The summed E-state index contributed by atoms with van der Waals surface area (Å²) in [5.74, 6) is 1.33.